The van der Waals surface area contributed by atoms with E-state index in [1.807, 2.05) is 14.1 Å². The van der Waals surface area contributed by atoms with E-state index in [1.54, 1.807) is 22.5 Å². The van der Waals surface area contributed by atoms with Gasteiger partial charge in [-0.25, -0.2) is 8.42 Å². The minimum atomic E-state index is -3.45. The minimum Gasteiger partial charge on any atom is -0.399 e. The molecule has 0 atom stereocenters. The first-order valence-electron chi connectivity index (χ1n) is 6.54. The monoisotopic (exact) mass is 361 g/mol. The maximum atomic E-state index is 12.6. The summed E-state index contributed by atoms with van der Waals surface area (Å²) >= 11 is 3.29. The zero-order chi connectivity index (χ0) is 14.9. The molecule has 7 heteroatoms. The highest BCUT2D eigenvalue weighted by molar-refractivity contribution is 9.10. The molecule has 0 saturated carbocycles. The number of hydrogen-bond donors (Lipinski definition) is 1. The Morgan fingerprint density at radius 3 is 2.40 bits per heavy atom. The second kappa shape index (κ2) is 6.01. The third-order valence-electron chi connectivity index (χ3n) is 3.73. The van der Waals surface area contributed by atoms with Crippen molar-refractivity contribution < 1.29 is 8.42 Å². The van der Waals surface area contributed by atoms with Gasteiger partial charge in [-0.05, 0) is 61.1 Å². The SMILES string of the molecule is CN(C)C1CCN(S(=O)(=O)c2ccc(N)cc2Br)CC1. The van der Waals surface area contributed by atoms with E-state index in [1.165, 1.54) is 0 Å². The molecule has 5 nitrogen and oxygen atoms in total. The molecule has 1 aromatic rings. The summed E-state index contributed by atoms with van der Waals surface area (Å²) in [5.74, 6) is 0. The maximum Gasteiger partial charge on any atom is 0.244 e. The zero-order valence-electron chi connectivity index (χ0n) is 11.7. The van der Waals surface area contributed by atoms with E-state index in [4.69, 9.17) is 5.73 Å². The molecule has 0 unspecified atom stereocenters. The van der Waals surface area contributed by atoms with E-state index in [0.29, 0.717) is 29.3 Å². The van der Waals surface area contributed by atoms with Crippen molar-refractivity contribution in [2.24, 2.45) is 0 Å². The van der Waals surface area contributed by atoms with E-state index in [2.05, 4.69) is 20.8 Å². The lowest BCUT2D eigenvalue weighted by molar-refractivity contribution is 0.196. The van der Waals surface area contributed by atoms with Gasteiger partial charge in [-0.3, -0.25) is 0 Å². The van der Waals surface area contributed by atoms with Crippen LogP contribution in [0.25, 0.3) is 0 Å². The molecule has 2 rings (SSSR count). The topological polar surface area (TPSA) is 66.6 Å². The smallest absolute Gasteiger partial charge is 0.244 e. The fraction of sp³-hybridized carbons (Fsp3) is 0.538. The van der Waals surface area contributed by atoms with Crippen LogP contribution in [-0.2, 0) is 10.0 Å². The van der Waals surface area contributed by atoms with Crippen LogP contribution in [0.5, 0.6) is 0 Å². The summed E-state index contributed by atoms with van der Waals surface area (Å²) in [6.45, 7) is 1.12. The fourth-order valence-electron chi connectivity index (χ4n) is 2.46. The number of piperidine rings is 1. The molecule has 1 aliphatic rings. The van der Waals surface area contributed by atoms with Gasteiger partial charge in [0.25, 0.3) is 0 Å². The van der Waals surface area contributed by atoms with Gasteiger partial charge in [-0.15, -0.1) is 0 Å². The molecule has 0 spiro atoms. The van der Waals surface area contributed by atoms with Gasteiger partial charge in [-0.1, -0.05) is 0 Å². The fourth-order valence-corrected chi connectivity index (χ4v) is 4.99. The lowest BCUT2D eigenvalue weighted by Crippen LogP contribution is -2.44. The highest BCUT2D eigenvalue weighted by Crippen LogP contribution is 2.29. The van der Waals surface area contributed by atoms with Gasteiger partial charge in [0.2, 0.25) is 10.0 Å². The van der Waals surface area contributed by atoms with Gasteiger partial charge >= 0.3 is 0 Å². The van der Waals surface area contributed by atoms with Crippen molar-refractivity contribution >= 4 is 31.6 Å². The first-order valence-corrected chi connectivity index (χ1v) is 8.77. The van der Waals surface area contributed by atoms with Gasteiger partial charge in [0.15, 0.2) is 0 Å². The Bertz CT molecular complexity index is 581. The van der Waals surface area contributed by atoms with Crippen molar-refractivity contribution in [1.29, 1.82) is 0 Å². The van der Waals surface area contributed by atoms with Crippen LogP contribution in [0.15, 0.2) is 27.6 Å². The van der Waals surface area contributed by atoms with Crippen LogP contribution in [0.1, 0.15) is 12.8 Å². The Morgan fingerprint density at radius 1 is 1.30 bits per heavy atom. The molecular formula is C13H20BrN3O2S. The Hall–Kier alpha value is -0.630. The quantitative estimate of drug-likeness (QED) is 0.832. The third-order valence-corrected chi connectivity index (χ3v) is 6.60. The van der Waals surface area contributed by atoms with E-state index in [-0.39, 0.29) is 4.90 Å². The molecule has 2 N–H and O–H groups in total. The molecule has 1 heterocycles. The summed E-state index contributed by atoms with van der Waals surface area (Å²) in [6.07, 6.45) is 1.72. The molecule has 0 aromatic heterocycles. The molecule has 1 saturated heterocycles. The van der Waals surface area contributed by atoms with Crippen molar-refractivity contribution in [2.45, 2.75) is 23.8 Å². The molecule has 0 amide bonds. The lowest BCUT2D eigenvalue weighted by Gasteiger charge is -2.34. The van der Waals surface area contributed by atoms with Crippen LogP contribution < -0.4 is 5.73 Å². The van der Waals surface area contributed by atoms with Crippen LogP contribution in [0.4, 0.5) is 5.69 Å². The Morgan fingerprint density at radius 2 is 1.90 bits per heavy atom. The number of rotatable bonds is 3. The molecule has 112 valence electrons. The Balaban J connectivity index is 2.20. The van der Waals surface area contributed by atoms with Crippen LogP contribution in [0.3, 0.4) is 0 Å². The average molecular weight is 362 g/mol. The maximum absolute atomic E-state index is 12.6. The molecule has 1 aliphatic heterocycles. The normalized spacial score (nSPS) is 18.6. The van der Waals surface area contributed by atoms with Crippen LogP contribution in [-0.4, -0.2) is 50.8 Å². The largest absolute Gasteiger partial charge is 0.399 e. The van der Waals surface area contributed by atoms with Crippen molar-refractivity contribution in [3.8, 4) is 0 Å². The number of halogens is 1. The van der Waals surface area contributed by atoms with E-state index >= 15 is 0 Å². The summed E-state index contributed by atoms with van der Waals surface area (Å²) in [6, 6.07) is 5.26. The summed E-state index contributed by atoms with van der Waals surface area (Å²) in [7, 11) is 0.620. The predicted octanol–water partition coefficient (Wildman–Crippen LogP) is 1.75. The summed E-state index contributed by atoms with van der Waals surface area (Å²) in [4.78, 5) is 2.44. The average Bonchev–Trinajstić information content (AvgIpc) is 2.38. The third kappa shape index (κ3) is 3.16. The van der Waals surface area contributed by atoms with Crippen LogP contribution >= 0.6 is 15.9 Å². The van der Waals surface area contributed by atoms with Crippen LogP contribution in [0, 0.1) is 0 Å². The number of benzene rings is 1. The second-order valence-electron chi connectivity index (χ2n) is 5.29. The second-order valence-corrected chi connectivity index (χ2v) is 8.05. The van der Waals surface area contributed by atoms with Gasteiger partial charge < -0.3 is 10.6 Å². The molecule has 0 radical (unpaired) electrons. The highest BCUT2D eigenvalue weighted by Gasteiger charge is 2.31. The standard InChI is InChI=1S/C13H20BrN3O2S/c1-16(2)11-5-7-17(8-6-11)20(18,19)13-4-3-10(15)9-12(13)14/h3-4,9,11H,5-8,15H2,1-2H3. The van der Waals surface area contributed by atoms with Crippen molar-refractivity contribution in [1.82, 2.24) is 9.21 Å². The van der Waals surface area contributed by atoms with Gasteiger partial charge in [0.05, 0.1) is 4.90 Å². The summed E-state index contributed by atoms with van der Waals surface area (Å²) in [5.41, 5.74) is 6.20. The van der Waals surface area contributed by atoms with Gasteiger partial charge in [-0.2, -0.15) is 4.31 Å². The van der Waals surface area contributed by atoms with Crippen molar-refractivity contribution in [3.63, 3.8) is 0 Å². The zero-order valence-corrected chi connectivity index (χ0v) is 14.1. The molecule has 20 heavy (non-hydrogen) atoms. The van der Waals surface area contributed by atoms with Gasteiger partial charge in [0, 0.05) is 29.3 Å². The molecule has 0 bridgehead atoms. The summed E-state index contributed by atoms with van der Waals surface area (Å²) in [5, 5.41) is 0. The minimum absolute atomic E-state index is 0.287. The molecular weight excluding hydrogens is 342 g/mol. The lowest BCUT2D eigenvalue weighted by atomic mass is 10.1. The number of hydrogen-bond acceptors (Lipinski definition) is 4. The number of nitrogens with zero attached hydrogens (tertiary/aromatic N) is 2. The number of nitrogens with two attached hydrogens (primary N) is 1. The van der Waals surface area contributed by atoms with E-state index in [0.717, 1.165) is 12.8 Å². The number of anilines is 1. The highest BCUT2D eigenvalue weighted by atomic mass is 79.9. The number of nitrogen functional groups attached to an aromatic ring is 1. The Labute approximate surface area is 128 Å². The van der Waals surface area contributed by atoms with Crippen LogP contribution in [0.2, 0.25) is 0 Å². The van der Waals surface area contributed by atoms with Gasteiger partial charge in [0.1, 0.15) is 0 Å². The van der Waals surface area contributed by atoms with Crippen molar-refractivity contribution in [3.05, 3.63) is 22.7 Å². The Kier molecular flexibility index (Phi) is 4.73. The molecule has 1 fully saturated rings. The first kappa shape index (κ1) is 15.8. The molecule has 0 aliphatic carbocycles. The molecule has 1 aromatic carbocycles. The summed E-state index contributed by atoms with van der Waals surface area (Å²) < 4.78 is 27.4. The van der Waals surface area contributed by atoms with E-state index in [9.17, 15) is 8.42 Å². The van der Waals surface area contributed by atoms with Crippen molar-refractivity contribution in [2.75, 3.05) is 32.9 Å². The first-order chi connectivity index (χ1) is 9.32. The van der Waals surface area contributed by atoms with E-state index < -0.39 is 10.0 Å². The number of sulfonamides is 1. The predicted molar refractivity (Wildman–Crippen MR) is 84.0 cm³/mol.